The molecular weight excluding hydrogens is 430 g/mol. The van der Waals surface area contributed by atoms with Crippen molar-refractivity contribution >= 4 is 17.7 Å². The molecule has 1 aromatic heterocycles. The van der Waals surface area contributed by atoms with Gasteiger partial charge in [-0.25, -0.2) is 0 Å². The summed E-state index contributed by atoms with van der Waals surface area (Å²) in [6.07, 6.45) is 2.86. The van der Waals surface area contributed by atoms with E-state index in [1.165, 1.54) is 10.5 Å². The Balaban J connectivity index is 1.56. The van der Waals surface area contributed by atoms with Gasteiger partial charge in [0.15, 0.2) is 0 Å². The first-order valence-electron chi connectivity index (χ1n) is 10.9. The molecule has 0 saturated carbocycles. The maximum absolute atomic E-state index is 13.5. The summed E-state index contributed by atoms with van der Waals surface area (Å²) in [6, 6.07) is 26.4. The molecule has 6 heteroatoms. The van der Waals surface area contributed by atoms with E-state index in [4.69, 9.17) is 4.74 Å². The number of carbonyl (C=O) groups excluding carboxylic acids is 1. The molecule has 5 nitrogen and oxygen atoms in total. The number of nitrogens with one attached hydrogen (secondary N) is 1. The molecule has 0 radical (unpaired) electrons. The first-order valence-corrected chi connectivity index (χ1v) is 12.1. The van der Waals surface area contributed by atoms with Gasteiger partial charge >= 0.3 is 0 Å². The molecule has 0 aliphatic carbocycles. The number of thioether (sulfide) groups is 1. The summed E-state index contributed by atoms with van der Waals surface area (Å²) in [5.74, 6) is 0.780. The Hall–Kier alpha value is -3.51. The standard InChI is InChI=1S/C27H25N3O2S/c1-32-21-12-8-19(9-13-21)24-23-25(29-28-24)27(31)30(17-16-18-6-4-3-5-7-18)26(23)20-10-14-22(33-2)15-11-20/h3-15,26H,16-17H2,1-2H3,(H,28,29). The number of fused-ring (bicyclic) bond motifs is 1. The van der Waals surface area contributed by atoms with Gasteiger partial charge in [-0.15, -0.1) is 11.8 Å². The maximum atomic E-state index is 13.5. The van der Waals surface area contributed by atoms with Gasteiger partial charge in [0.2, 0.25) is 0 Å². The Kier molecular flexibility index (Phi) is 5.92. The molecule has 1 N–H and O–H groups in total. The van der Waals surface area contributed by atoms with Crippen molar-refractivity contribution in [1.82, 2.24) is 15.1 Å². The van der Waals surface area contributed by atoms with E-state index < -0.39 is 0 Å². The second kappa shape index (κ2) is 9.16. The van der Waals surface area contributed by atoms with Crippen molar-refractivity contribution in [2.45, 2.75) is 17.4 Å². The van der Waals surface area contributed by atoms with Crippen LogP contribution >= 0.6 is 11.8 Å². The van der Waals surface area contributed by atoms with Crippen molar-refractivity contribution in [3.63, 3.8) is 0 Å². The van der Waals surface area contributed by atoms with Gasteiger partial charge in [0, 0.05) is 22.6 Å². The van der Waals surface area contributed by atoms with E-state index in [0.29, 0.717) is 12.2 Å². The Labute approximate surface area is 197 Å². The highest BCUT2D eigenvalue weighted by Crippen LogP contribution is 2.43. The van der Waals surface area contributed by atoms with Crippen LogP contribution in [0.25, 0.3) is 11.3 Å². The highest BCUT2D eigenvalue weighted by Gasteiger charge is 2.41. The number of rotatable bonds is 7. The lowest BCUT2D eigenvalue weighted by atomic mass is 9.96. The van der Waals surface area contributed by atoms with Crippen molar-refractivity contribution in [3.05, 3.63) is 101 Å². The third-order valence-electron chi connectivity index (χ3n) is 6.14. The Morgan fingerprint density at radius 3 is 2.39 bits per heavy atom. The number of hydrogen-bond donors (Lipinski definition) is 1. The predicted octanol–water partition coefficient (Wildman–Crippen LogP) is 5.60. The molecule has 1 aliphatic heterocycles. The SMILES string of the molecule is COc1ccc(-c2n[nH]c3c2C(c2ccc(SC)cc2)N(CCc2ccccc2)C3=O)cc1. The van der Waals surface area contributed by atoms with Crippen LogP contribution < -0.4 is 4.74 Å². The van der Waals surface area contributed by atoms with E-state index in [1.807, 2.05) is 47.4 Å². The molecule has 1 unspecified atom stereocenters. The molecule has 0 bridgehead atoms. The zero-order chi connectivity index (χ0) is 22.8. The third-order valence-corrected chi connectivity index (χ3v) is 6.89. The van der Waals surface area contributed by atoms with Crippen LogP contribution in [-0.4, -0.2) is 40.9 Å². The third kappa shape index (κ3) is 4.02. The predicted molar refractivity (Wildman–Crippen MR) is 132 cm³/mol. The number of benzene rings is 3. The largest absolute Gasteiger partial charge is 0.497 e. The van der Waals surface area contributed by atoms with Crippen LogP contribution in [-0.2, 0) is 6.42 Å². The van der Waals surface area contributed by atoms with E-state index in [9.17, 15) is 4.79 Å². The molecule has 0 fully saturated rings. The molecule has 2 heterocycles. The molecule has 0 saturated heterocycles. The molecule has 1 atom stereocenters. The second-order valence-electron chi connectivity index (χ2n) is 8.00. The zero-order valence-corrected chi connectivity index (χ0v) is 19.4. The first-order chi connectivity index (χ1) is 16.2. The number of hydrogen-bond acceptors (Lipinski definition) is 4. The molecule has 1 aliphatic rings. The van der Waals surface area contributed by atoms with Crippen molar-refractivity contribution < 1.29 is 9.53 Å². The topological polar surface area (TPSA) is 58.2 Å². The van der Waals surface area contributed by atoms with Crippen molar-refractivity contribution in [1.29, 1.82) is 0 Å². The minimum Gasteiger partial charge on any atom is -0.497 e. The summed E-state index contributed by atoms with van der Waals surface area (Å²) in [5, 5.41) is 7.60. The number of nitrogens with zero attached hydrogens (tertiary/aromatic N) is 2. The number of carbonyl (C=O) groups is 1. The molecule has 0 spiro atoms. The monoisotopic (exact) mass is 455 g/mol. The molecule has 166 valence electrons. The summed E-state index contributed by atoms with van der Waals surface area (Å²) in [6.45, 7) is 0.627. The van der Waals surface area contributed by atoms with Gasteiger partial charge in [-0.2, -0.15) is 5.10 Å². The van der Waals surface area contributed by atoms with Gasteiger partial charge in [0.25, 0.3) is 5.91 Å². The lowest BCUT2D eigenvalue weighted by Gasteiger charge is -2.26. The molecule has 33 heavy (non-hydrogen) atoms. The summed E-state index contributed by atoms with van der Waals surface area (Å²) in [7, 11) is 1.65. The van der Waals surface area contributed by atoms with Crippen LogP contribution in [0.5, 0.6) is 5.75 Å². The number of ether oxygens (including phenoxy) is 1. The van der Waals surface area contributed by atoms with E-state index in [1.54, 1.807) is 18.9 Å². The van der Waals surface area contributed by atoms with Crippen LogP contribution in [0.2, 0.25) is 0 Å². The van der Waals surface area contributed by atoms with Gasteiger partial charge in [-0.1, -0.05) is 42.5 Å². The summed E-state index contributed by atoms with van der Waals surface area (Å²) >= 11 is 1.71. The lowest BCUT2D eigenvalue weighted by molar-refractivity contribution is 0.0746. The number of methoxy groups -OCH3 is 1. The van der Waals surface area contributed by atoms with Crippen LogP contribution in [0.1, 0.15) is 33.2 Å². The van der Waals surface area contributed by atoms with E-state index in [0.717, 1.165) is 34.6 Å². The highest BCUT2D eigenvalue weighted by molar-refractivity contribution is 7.98. The average Bonchev–Trinajstić information content (AvgIpc) is 3.42. The van der Waals surface area contributed by atoms with Crippen molar-refractivity contribution in [2.75, 3.05) is 19.9 Å². The molecule has 4 aromatic rings. The van der Waals surface area contributed by atoms with Gasteiger partial charge in [0.05, 0.1) is 18.8 Å². The zero-order valence-electron chi connectivity index (χ0n) is 18.6. The van der Waals surface area contributed by atoms with E-state index in [2.05, 4.69) is 52.9 Å². The van der Waals surface area contributed by atoms with E-state index >= 15 is 0 Å². The van der Waals surface area contributed by atoms with Crippen LogP contribution in [0.15, 0.2) is 83.8 Å². The maximum Gasteiger partial charge on any atom is 0.273 e. The normalized spacial score (nSPS) is 15.0. The van der Waals surface area contributed by atoms with Crippen molar-refractivity contribution in [2.24, 2.45) is 0 Å². The number of H-pyrrole nitrogens is 1. The highest BCUT2D eigenvalue weighted by atomic mass is 32.2. The fourth-order valence-corrected chi connectivity index (χ4v) is 4.83. The van der Waals surface area contributed by atoms with Crippen LogP contribution in [0, 0.1) is 0 Å². The fraction of sp³-hybridized carbons (Fsp3) is 0.185. The summed E-state index contributed by atoms with van der Waals surface area (Å²) in [5.41, 5.74) is 5.58. The van der Waals surface area contributed by atoms with Crippen molar-refractivity contribution in [3.8, 4) is 17.0 Å². The quantitative estimate of drug-likeness (QED) is 0.369. The second-order valence-corrected chi connectivity index (χ2v) is 8.88. The molecule has 3 aromatic carbocycles. The Morgan fingerprint density at radius 2 is 1.73 bits per heavy atom. The summed E-state index contributed by atoms with van der Waals surface area (Å²) in [4.78, 5) is 16.7. The smallest absolute Gasteiger partial charge is 0.273 e. The Morgan fingerprint density at radius 1 is 1.00 bits per heavy atom. The fourth-order valence-electron chi connectivity index (χ4n) is 4.42. The number of amides is 1. The average molecular weight is 456 g/mol. The first kappa shape index (κ1) is 21.3. The minimum absolute atomic E-state index is 0.00728. The van der Waals surface area contributed by atoms with Gasteiger partial charge < -0.3 is 9.64 Å². The molecule has 5 rings (SSSR count). The molecule has 1 amide bonds. The summed E-state index contributed by atoms with van der Waals surface area (Å²) < 4.78 is 5.31. The molecular formula is C27H25N3O2S. The van der Waals surface area contributed by atoms with Gasteiger partial charge in [-0.05, 0) is 60.2 Å². The number of aromatic nitrogens is 2. The Bertz CT molecular complexity index is 1250. The van der Waals surface area contributed by atoms with Gasteiger partial charge in [-0.3, -0.25) is 9.89 Å². The van der Waals surface area contributed by atoms with Crippen LogP contribution in [0.4, 0.5) is 0 Å². The van der Waals surface area contributed by atoms with Gasteiger partial charge in [0.1, 0.15) is 11.4 Å². The number of aromatic amines is 1. The minimum atomic E-state index is -0.192. The lowest BCUT2D eigenvalue weighted by Crippen LogP contribution is -2.31. The van der Waals surface area contributed by atoms with Crippen LogP contribution in [0.3, 0.4) is 0 Å². The van der Waals surface area contributed by atoms with E-state index in [-0.39, 0.29) is 11.9 Å².